The van der Waals surface area contributed by atoms with Crippen LogP contribution in [-0.4, -0.2) is 48.2 Å². The van der Waals surface area contributed by atoms with Crippen molar-refractivity contribution in [1.82, 2.24) is 5.32 Å². The minimum Gasteiger partial charge on any atom is -0.493 e. The molecular weight excluding hydrogens is 322 g/mol. The van der Waals surface area contributed by atoms with Crippen LogP contribution in [0.3, 0.4) is 0 Å². The van der Waals surface area contributed by atoms with Crippen LogP contribution in [0.25, 0.3) is 0 Å². The highest BCUT2D eigenvalue weighted by atomic mass is 32.2. The lowest BCUT2D eigenvalue weighted by molar-refractivity contribution is -0.118. The number of carbonyl (C=O) groups is 1. The molecule has 0 aromatic rings. The van der Waals surface area contributed by atoms with Crippen molar-refractivity contribution >= 4 is 29.2 Å². The van der Waals surface area contributed by atoms with E-state index in [-0.39, 0.29) is 11.8 Å². The number of thioether (sulfide) groups is 1. The van der Waals surface area contributed by atoms with Gasteiger partial charge in [-0.1, -0.05) is 6.08 Å². The second-order valence-electron chi connectivity index (χ2n) is 6.80. The van der Waals surface area contributed by atoms with Gasteiger partial charge in [-0.05, 0) is 50.8 Å². The van der Waals surface area contributed by atoms with Crippen molar-refractivity contribution in [2.24, 2.45) is 21.8 Å². The first-order chi connectivity index (χ1) is 11.8. The summed E-state index contributed by atoms with van der Waals surface area (Å²) >= 11 is 1.87. The van der Waals surface area contributed by atoms with Crippen molar-refractivity contribution in [2.45, 2.75) is 30.9 Å². The molecule has 2 fully saturated rings. The van der Waals surface area contributed by atoms with Gasteiger partial charge in [-0.2, -0.15) is 16.8 Å². The van der Waals surface area contributed by atoms with Crippen molar-refractivity contribution in [3.8, 4) is 0 Å². The molecule has 2 aliphatic carbocycles. The summed E-state index contributed by atoms with van der Waals surface area (Å²) in [6.45, 7) is 2.93. The molecule has 1 saturated carbocycles. The largest absolute Gasteiger partial charge is 0.493 e. The van der Waals surface area contributed by atoms with Crippen LogP contribution in [0.5, 0.6) is 0 Å². The molecule has 1 amide bonds. The lowest BCUT2D eigenvalue weighted by atomic mass is 9.96. The van der Waals surface area contributed by atoms with Gasteiger partial charge in [0.15, 0.2) is 0 Å². The van der Waals surface area contributed by atoms with Crippen molar-refractivity contribution in [1.29, 1.82) is 0 Å². The predicted octanol–water partition coefficient (Wildman–Crippen LogP) is 2.35. The lowest BCUT2D eigenvalue weighted by Gasteiger charge is -2.23. The Labute approximate surface area is 146 Å². The summed E-state index contributed by atoms with van der Waals surface area (Å²) in [6, 6.07) is 0. The van der Waals surface area contributed by atoms with E-state index in [1.54, 1.807) is 0 Å². The van der Waals surface area contributed by atoms with Crippen molar-refractivity contribution < 1.29 is 9.53 Å². The number of hydrogen-bond donors (Lipinski definition) is 1. The number of aliphatic imine (C=N–C) groups is 2. The fourth-order valence-corrected chi connectivity index (χ4v) is 4.15. The molecule has 1 unspecified atom stereocenters. The van der Waals surface area contributed by atoms with Crippen LogP contribution in [0.15, 0.2) is 34.0 Å². The molecule has 4 aliphatic rings. The van der Waals surface area contributed by atoms with Gasteiger partial charge in [0, 0.05) is 11.3 Å². The maximum absolute atomic E-state index is 12.3. The Bertz CT molecular complexity index is 628. The molecule has 2 heterocycles. The lowest BCUT2D eigenvalue weighted by Crippen LogP contribution is -2.31. The molecule has 4 rings (SSSR count). The van der Waals surface area contributed by atoms with Gasteiger partial charge in [0.2, 0.25) is 0 Å². The van der Waals surface area contributed by atoms with Crippen LogP contribution >= 0.6 is 11.8 Å². The van der Waals surface area contributed by atoms with E-state index >= 15 is 0 Å². The van der Waals surface area contributed by atoms with Crippen LogP contribution in [0, 0.1) is 11.8 Å². The number of piperidine rings is 1. The molecule has 6 heteroatoms. The average Bonchev–Trinajstić information content (AvgIpc) is 3.43. The number of rotatable bonds is 6. The Morgan fingerprint density at radius 3 is 2.83 bits per heavy atom. The Kier molecular flexibility index (Phi) is 4.85. The van der Waals surface area contributed by atoms with Crippen molar-refractivity contribution in [2.75, 3.05) is 25.4 Å². The van der Waals surface area contributed by atoms with Gasteiger partial charge >= 0.3 is 0 Å². The number of nitrogens with zero attached hydrogens (tertiary/aromatic N) is 2. The maximum atomic E-state index is 12.3. The first kappa shape index (κ1) is 16.1. The fourth-order valence-electron chi connectivity index (χ4n) is 3.06. The Morgan fingerprint density at radius 2 is 2.04 bits per heavy atom. The molecular formula is C18H23N3O2S. The minimum atomic E-state index is -0.328. The molecule has 0 bridgehead atoms. The van der Waals surface area contributed by atoms with Crippen LogP contribution in [-0.2, 0) is 9.53 Å². The monoisotopic (exact) mass is 345 g/mol. The average molecular weight is 345 g/mol. The molecule has 5 nitrogen and oxygen atoms in total. The highest BCUT2D eigenvalue weighted by molar-refractivity contribution is 8.00. The molecule has 0 radical (unpaired) electrons. The predicted molar refractivity (Wildman–Crippen MR) is 97.6 cm³/mol. The molecule has 0 spiro atoms. The number of allylic oxidation sites excluding steroid dienone is 2. The topological polar surface area (TPSA) is 63.0 Å². The van der Waals surface area contributed by atoms with E-state index in [0.717, 1.165) is 31.2 Å². The van der Waals surface area contributed by atoms with Gasteiger partial charge in [-0.15, -0.1) is 0 Å². The second-order valence-corrected chi connectivity index (χ2v) is 8.09. The molecule has 1 atom stereocenters. The normalized spacial score (nSPS) is 27.2. The van der Waals surface area contributed by atoms with Gasteiger partial charge in [0.05, 0.1) is 18.1 Å². The summed E-state index contributed by atoms with van der Waals surface area (Å²) in [4.78, 5) is 21.1. The summed E-state index contributed by atoms with van der Waals surface area (Å²) in [6.07, 6.45) is 10.5. The van der Waals surface area contributed by atoms with E-state index in [2.05, 4.69) is 15.3 Å². The van der Waals surface area contributed by atoms with Gasteiger partial charge in [0.25, 0.3) is 5.91 Å². The quantitative estimate of drug-likeness (QED) is 0.803. The number of fused-ring (bicyclic) bond motifs is 1. The molecule has 1 N–H and O–H groups in total. The third-order valence-electron chi connectivity index (χ3n) is 4.74. The number of ether oxygens (including phenoxy) is 1. The Balaban J connectivity index is 1.39. The highest BCUT2D eigenvalue weighted by Gasteiger charge is 2.29. The summed E-state index contributed by atoms with van der Waals surface area (Å²) in [5.41, 5.74) is 0.782. The zero-order valence-corrected chi connectivity index (χ0v) is 14.6. The van der Waals surface area contributed by atoms with E-state index < -0.39 is 0 Å². The number of carbonyl (C=O) groups excluding carboxylic acids is 1. The number of amides is 1. The number of nitrogens with one attached hydrogen (secondary N) is 1. The third-order valence-corrected chi connectivity index (χ3v) is 6.11. The van der Waals surface area contributed by atoms with Gasteiger partial charge in [-0.25, -0.2) is 4.99 Å². The molecule has 2 aliphatic heterocycles. The van der Waals surface area contributed by atoms with Crippen LogP contribution in [0.2, 0.25) is 0 Å². The number of hydrogen-bond acceptors (Lipinski definition) is 5. The summed E-state index contributed by atoms with van der Waals surface area (Å²) < 4.78 is 5.81. The standard InChI is InChI=1S/C18H23N3O2S/c22-18-15-4-3-13(23-10-12-1-2-12)9-16(15)20-17(21-18)11-24-14-5-7-19-8-6-14/h3-4,9,12,14-15,19H,1-2,5-8,10-11H2. The van der Waals surface area contributed by atoms with E-state index in [1.165, 1.54) is 25.7 Å². The zero-order valence-electron chi connectivity index (χ0n) is 13.7. The molecule has 128 valence electrons. The second kappa shape index (κ2) is 7.23. The van der Waals surface area contributed by atoms with E-state index in [1.807, 2.05) is 30.0 Å². The summed E-state index contributed by atoms with van der Waals surface area (Å²) in [7, 11) is 0. The maximum Gasteiger partial charge on any atom is 0.260 e. The van der Waals surface area contributed by atoms with Crippen molar-refractivity contribution in [3.05, 3.63) is 24.0 Å². The first-order valence-electron chi connectivity index (χ1n) is 8.83. The molecule has 0 aromatic heterocycles. The number of amidine groups is 1. The minimum absolute atomic E-state index is 0.102. The van der Waals surface area contributed by atoms with Gasteiger partial charge < -0.3 is 10.1 Å². The van der Waals surface area contributed by atoms with Gasteiger partial charge in [0.1, 0.15) is 17.5 Å². The van der Waals surface area contributed by atoms with Crippen LogP contribution in [0.4, 0.5) is 0 Å². The highest BCUT2D eigenvalue weighted by Crippen LogP contribution is 2.30. The third kappa shape index (κ3) is 3.98. The summed E-state index contributed by atoms with van der Waals surface area (Å²) in [5, 5.41) is 4.01. The molecule has 1 saturated heterocycles. The first-order valence-corrected chi connectivity index (χ1v) is 9.88. The Morgan fingerprint density at radius 1 is 1.21 bits per heavy atom. The van der Waals surface area contributed by atoms with Crippen LogP contribution < -0.4 is 5.32 Å². The summed E-state index contributed by atoms with van der Waals surface area (Å²) in [5.74, 6) is 2.47. The van der Waals surface area contributed by atoms with E-state index in [9.17, 15) is 4.79 Å². The van der Waals surface area contributed by atoms with Crippen LogP contribution in [0.1, 0.15) is 25.7 Å². The van der Waals surface area contributed by atoms with E-state index in [0.29, 0.717) is 22.8 Å². The fraction of sp³-hybridized carbons (Fsp3) is 0.611. The van der Waals surface area contributed by atoms with Crippen molar-refractivity contribution in [3.63, 3.8) is 0 Å². The smallest absolute Gasteiger partial charge is 0.260 e. The van der Waals surface area contributed by atoms with E-state index in [4.69, 9.17) is 4.74 Å². The zero-order chi connectivity index (χ0) is 16.4. The molecule has 0 aromatic carbocycles. The Hall–Kier alpha value is -1.40. The van der Waals surface area contributed by atoms with Gasteiger partial charge in [-0.3, -0.25) is 4.79 Å². The molecule has 24 heavy (non-hydrogen) atoms. The SMILES string of the molecule is O=C1N=C(CSC2CCNCC2)N=C2C=C(OCC3CC3)C=CC12.